The van der Waals surface area contributed by atoms with Gasteiger partial charge in [-0.1, -0.05) is 12.1 Å². The number of hydrogen-bond donors (Lipinski definition) is 1. The Labute approximate surface area is 112 Å². The van der Waals surface area contributed by atoms with Gasteiger partial charge in [0.05, 0.1) is 17.8 Å². The molecule has 1 fully saturated rings. The van der Waals surface area contributed by atoms with Crippen LogP contribution in [0.3, 0.4) is 0 Å². The van der Waals surface area contributed by atoms with E-state index in [1.807, 2.05) is 0 Å². The average Bonchev–Trinajstić information content (AvgIpc) is 3.12. The van der Waals surface area contributed by atoms with Crippen LogP contribution in [0.5, 0.6) is 0 Å². The van der Waals surface area contributed by atoms with Gasteiger partial charge < -0.3 is 5.32 Å². The van der Waals surface area contributed by atoms with Crippen molar-refractivity contribution in [1.29, 1.82) is 0 Å². The topological polar surface area (TPSA) is 55.6 Å². The lowest BCUT2D eigenvalue weighted by molar-refractivity contribution is -0.137. The van der Waals surface area contributed by atoms with Crippen LogP contribution >= 0.6 is 0 Å². The number of alkyl halides is 3. The highest BCUT2D eigenvalue weighted by Crippen LogP contribution is 2.33. The second-order valence-electron chi connectivity index (χ2n) is 4.68. The van der Waals surface area contributed by atoms with E-state index in [0.717, 1.165) is 23.6 Å². The molecule has 0 unspecified atom stereocenters. The average molecular weight is 283 g/mol. The van der Waals surface area contributed by atoms with Crippen molar-refractivity contribution in [2.45, 2.75) is 31.6 Å². The molecule has 0 saturated heterocycles. The second kappa shape index (κ2) is 4.86. The van der Waals surface area contributed by atoms with Gasteiger partial charge in [0.15, 0.2) is 5.82 Å². The predicted octanol–water partition coefficient (Wildman–Crippen LogP) is 1.93. The summed E-state index contributed by atoms with van der Waals surface area (Å²) in [5.74, 6) is 0.369. The summed E-state index contributed by atoms with van der Waals surface area (Å²) in [6, 6.07) is 5.69. The first-order chi connectivity index (χ1) is 9.55. The lowest BCUT2D eigenvalue weighted by Crippen LogP contribution is -2.20. The minimum atomic E-state index is -4.44. The third-order valence-corrected chi connectivity index (χ3v) is 3.10. The van der Waals surface area contributed by atoms with E-state index in [1.165, 1.54) is 18.2 Å². The smallest absolute Gasteiger partial charge is 0.307 e. The molecule has 0 atom stereocenters. The maximum atomic E-state index is 13.0. The zero-order valence-electron chi connectivity index (χ0n) is 10.4. The van der Waals surface area contributed by atoms with Crippen LogP contribution in [0.4, 0.5) is 13.2 Å². The second-order valence-corrected chi connectivity index (χ2v) is 4.68. The van der Waals surface area contributed by atoms with Crippen LogP contribution in [0.25, 0.3) is 5.69 Å². The van der Waals surface area contributed by atoms with Crippen LogP contribution in [0.1, 0.15) is 24.2 Å². The molecule has 0 radical (unpaired) electrons. The van der Waals surface area contributed by atoms with Crippen molar-refractivity contribution in [2.75, 3.05) is 0 Å². The quantitative estimate of drug-likeness (QED) is 0.931. The molecule has 106 valence electrons. The third kappa shape index (κ3) is 2.64. The van der Waals surface area contributed by atoms with Crippen LogP contribution in [-0.4, -0.2) is 26.2 Å². The number of hydrogen-bond acceptors (Lipinski definition) is 4. The predicted molar refractivity (Wildman–Crippen MR) is 64.0 cm³/mol. The number of nitrogens with one attached hydrogen (secondary N) is 1. The Kier molecular flexibility index (Phi) is 3.17. The molecule has 1 aliphatic rings. The van der Waals surface area contributed by atoms with Crippen LogP contribution in [-0.2, 0) is 12.7 Å². The SMILES string of the molecule is FC(F)(F)c1ccccc1-n1nnnc1CNC1CC1. The van der Waals surface area contributed by atoms with Crippen molar-refractivity contribution >= 4 is 0 Å². The van der Waals surface area contributed by atoms with E-state index in [4.69, 9.17) is 0 Å². The van der Waals surface area contributed by atoms with Crippen molar-refractivity contribution in [2.24, 2.45) is 0 Å². The number of para-hydroxylation sites is 1. The standard InChI is InChI=1S/C12H12F3N5/c13-12(14,15)9-3-1-2-4-10(9)20-11(17-18-19-20)7-16-8-5-6-8/h1-4,8,16H,5-7H2. The molecule has 1 aromatic heterocycles. The molecule has 1 aliphatic carbocycles. The molecule has 3 rings (SSSR count). The first kappa shape index (κ1) is 13.0. The fraction of sp³-hybridized carbons (Fsp3) is 0.417. The van der Waals surface area contributed by atoms with Gasteiger partial charge >= 0.3 is 6.18 Å². The number of aromatic nitrogens is 4. The number of tetrazole rings is 1. The van der Waals surface area contributed by atoms with E-state index in [9.17, 15) is 13.2 Å². The summed E-state index contributed by atoms with van der Waals surface area (Å²) >= 11 is 0. The highest BCUT2D eigenvalue weighted by molar-refractivity contribution is 5.42. The Morgan fingerprint density at radius 1 is 1.25 bits per heavy atom. The van der Waals surface area contributed by atoms with E-state index in [-0.39, 0.29) is 5.69 Å². The van der Waals surface area contributed by atoms with Crippen LogP contribution in [0.15, 0.2) is 24.3 Å². The van der Waals surface area contributed by atoms with Gasteiger partial charge in [0.2, 0.25) is 0 Å². The lowest BCUT2D eigenvalue weighted by atomic mass is 10.1. The van der Waals surface area contributed by atoms with E-state index in [2.05, 4.69) is 20.8 Å². The summed E-state index contributed by atoms with van der Waals surface area (Å²) in [6.07, 6.45) is -2.27. The fourth-order valence-electron chi connectivity index (χ4n) is 1.92. The van der Waals surface area contributed by atoms with Crippen LogP contribution in [0.2, 0.25) is 0 Å². The Morgan fingerprint density at radius 3 is 2.70 bits per heavy atom. The molecule has 2 aromatic rings. The summed E-state index contributed by atoms with van der Waals surface area (Å²) in [6.45, 7) is 0.351. The molecular formula is C12H12F3N5. The molecule has 1 heterocycles. The first-order valence-electron chi connectivity index (χ1n) is 6.23. The van der Waals surface area contributed by atoms with Crippen molar-refractivity contribution in [3.63, 3.8) is 0 Å². The number of rotatable bonds is 4. The normalized spacial score (nSPS) is 15.6. The molecule has 1 aromatic carbocycles. The molecular weight excluding hydrogens is 271 g/mol. The summed E-state index contributed by atoms with van der Waals surface area (Å²) in [4.78, 5) is 0. The highest BCUT2D eigenvalue weighted by atomic mass is 19.4. The minimum Gasteiger partial charge on any atom is -0.307 e. The van der Waals surface area contributed by atoms with Gasteiger partial charge in [0, 0.05) is 6.04 Å². The van der Waals surface area contributed by atoms with Crippen molar-refractivity contribution < 1.29 is 13.2 Å². The first-order valence-corrected chi connectivity index (χ1v) is 6.23. The molecule has 5 nitrogen and oxygen atoms in total. The Morgan fingerprint density at radius 2 is 2.00 bits per heavy atom. The Bertz CT molecular complexity index is 603. The summed E-state index contributed by atoms with van der Waals surface area (Å²) < 4.78 is 40.1. The minimum absolute atomic E-state index is 0.0578. The molecule has 0 bridgehead atoms. The summed E-state index contributed by atoms with van der Waals surface area (Å²) in [5, 5.41) is 14.1. The number of nitrogens with zero attached hydrogens (tertiary/aromatic N) is 4. The van der Waals surface area contributed by atoms with Gasteiger partial charge in [-0.05, 0) is 35.4 Å². The van der Waals surface area contributed by atoms with Gasteiger partial charge in [0.1, 0.15) is 0 Å². The van der Waals surface area contributed by atoms with E-state index < -0.39 is 11.7 Å². The molecule has 8 heteroatoms. The molecule has 0 aliphatic heterocycles. The van der Waals surface area contributed by atoms with Crippen molar-refractivity contribution in [3.05, 3.63) is 35.7 Å². The van der Waals surface area contributed by atoms with Crippen molar-refractivity contribution in [1.82, 2.24) is 25.5 Å². The zero-order chi connectivity index (χ0) is 14.2. The van der Waals surface area contributed by atoms with Crippen LogP contribution < -0.4 is 5.32 Å². The monoisotopic (exact) mass is 283 g/mol. The Hall–Kier alpha value is -1.96. The summed E-state index contributed by atoms with van der Waals surface area (Å²) in [7, 11) is 0. The molecule has 1 N–H and O–H groups in total. The molecule has 0 amide bonds. The molecule has 1 saturated carbocycles. The van der Waals surface area contributed by atoms with Gasteiger partial charge in [-0.2, -0.15) is 17.9 Å². The maximum absolute atomic E-state index is 13.0. The highest BCUT2D eigenvalue weighted by Gasteiger charge is 2.34. The zero-order valence-corrected chi connectivity index (χ0v) is 10.4. The Balaban J connectivity index is 1.94. The van der Waals surface area contributed by atoms with Gasteiger partial charge in [-0.3, -0.25) is 0 Å². The van der Waals surface area contributed by atoms with E-state index in [1.54, 1.807) is 0 Å². The van der Waals surface area contributed by atoms with Crippen LogP contribution in [0, 0.1) is 0 Å². The van der Waals surface area contributed by atoms with E-state index >= 15 is 0 Å². The largest absolute Gasteiger partial charge is 0.418 e. The number of halogens is 3. The molecule has 0 spiro atoms. The summed E-state index contributed by atoms with van der Waals surface area (Å²) in [5.41, 5.74) is -0.808. The van der Waals surface area contributed by atoms with Crippen molar-refractivity contribution in [3.8, 4) is 5.69 Å². The number of benzene rings is 1. The van der Waals surface area contributed by atoms with Gasteiger partial charge in [-0.15, -0.1) is 5.10 Å². The third-order valence-electron chi connectivity index (χ3n) is 3.10. The van der Waals surface area contributed by atoms with Gasteiger partial charge in [0.25, 0.3) is 0 Å². The fourth-order valence-corrected chi connectivity index (χ4v) is 1.92. The van der Waals surface area contributed by atoms with E-state index in [0.29, 0.717) is 18.4 Å². The lowest BCUT2D eigenvalue weighted by Gasteiger charge is -2.13. The molecule has 20 heavy (non-hydrogen) atoms. The maximum Gasteiger partial charge on any atom is 0.418 e. The van der Waals surface area contributed by atoms with Gasteiger partial charge in [-0.25, -0.2) is 0 Å².